The average molecular weight is 342 g/mol. The lowest BCUT2D eigenvalue weighted by atomic mass is 10.0. The molecule has 0 aliphatic carbocycles. The molecule has 0 saturated carbocycles. The summed E-state index contributed by atoms with van der Waals surface area (Å²) in [5.74, 6) is 0.587. The summed E-state index contributed by atoms with van der Waals surface area (Å²) in [7, 11) is 1.62. The molecule has 24 heavy (non-hydrogen) atoms. The minimum absolute atomic E-state index is 0.175. The van der Waals surface area contributed by atoms with Crippen molar-refractivity contribution in [2.75, 3.05) is 19.0 Å². The molecule has 1 N–H and O–H groups in total. The van der Waals surface area contributed by atoms with Gasteiger partial charge in [-0.2, -0.15) is 5.26 Å². The van der Waals surface area contributed by atoms with Crippen LogP contribution in [0.2, 0.25) is 0 Å². The average Bonchev–Trinajstić information content (AvgIpc) is 3.23. The predicted molar refractivity (Wildman–Crippen MR) is 93.4 cm³/mol. The number of aryl methyl sites for hydroxylation is 1. The Labute approximate surface area is 144 Å². The molecule has 2 aromatic rings. The van der Waals surface area contributed by atoms with E-state index in [4.69, 9.17) is 9.47 Å². The number of hydrogen-bond acceptors (Lipinski definition) is 5. The summed E-state index contributed by atoms with van der Waals surface area (Å²) in [5, 5.41) is 13.1. The molecule has 1 aliphatic heterocycles. The van der Waals surface area contributed by atoms with Gasteiger partial charge in [0.2, 0.25) is 0 Å². The summed E-state index contributed by atoms with van der Waals surface area (Å²) in [6, 6.07) is 9.78. The Balaban J connectivity index is 1.91. The van der Waals surface area contributed by atoms with Crippen molar-refractivity contribution in [1.29, 1.82) is 5.26 Å². The van der Waals surface area contributed by atoms with Crippen LogP contribution in [0.4, 0.5) is 5.00 Å². The van der Waals surface area contributed by atoms with Crippen LogP contribution in [0.15, 0.2) is 24.3 Å². The first kappa shape index (κ1) is 16.5. The Morgan fingerprint density at radius 2 is 2.17 bits per heavy atom. The van der Waals surface area contributed by atoms with Crippen LogP contribution in [0.1, 0.15) is 23.3 Å². The van der Waals surface area contributed by atoms with E-state index in [1.54, 1.807) is 7.11 Å². The molecule has 1 saturated heterocycles. The fraction of sp³-hybridized carbons (Fsp3) is 0.333. The zero-order chi connectivity index (χ0) is 17.1. The fourth-order valence-electron chi connectivity index (χ4n) is 2.82. The molecule has 1 atom stereocenters. The molecular formula is C18H18N2O3S. The van der Waals surface area contributed by atoms with Crippen LogP contribution >= 0.6 is 11.3 Å². The molecule has 0 unspecified atom stereocenters. The number of carbonyl (C=O) groups is 1. The summed E-state index contributed by atoms with van der Waals surface area (Å²) < 4.78 is 10.6. The highest BCUT2D eigenvalue weighted by Crippen LogP contribution is 2.40. The molecule has 1 amide bonds. The van der Waals surface area contributed by atoms with Crippen molar-refractivity contribution in [3.63, 3.8) is 0 Å². The monoisotopic (exact) mass is 342 g/mol. The molecule has 1 fully saturated rings. The van der Waals surface area contributed by atoms with Crippen molar-refractivity contribution in [3.05, 3.63) is 34.7 Å². The summed E-state index contributed by atoms with van der Waals surface area (Å²) in [5.41, 5.74) is 2.28. The third-order valence-corrected chi connectivity index (χ3v) is 5.05. The number of amides is 1. The molecule has 124 valence electrons. The molecule has 1 aliphatic rings. The van der Waals surface area contributed by atoms with Crippen LogP contribution in [0, 0.1) is 18.3 Å². The summed E-state index contributed by atoms with van der Waals surface area (Å²) in [6.45, 7) is 2.57. The number of benzene rings is 1. The zero-order valence-electron chi connectivity index (χ0n) is 13.6. The van der Waals surface area contributed by atoms with Gasteiger partial charge in [0.15, 0.2) is 0 Å². The highest BCUT2D eigenvalue weighted by atomic mass is 32.1. The van der Waals surface area contributed by atoms with Crippen LogP contribution in [0.5, 0.6) is 5.75 Å². The van der Waals surface area contributed by atoms with Gasteiger partial charge in [0, 0.05) is 17.0 Å². The van der Waals surface area contributed by atoms with E-state index >= 15 is 0 Å². The normalized spacial score (nSPS) is 16.6. The van der Waals surface area contributed by atoms with Crippen LogP contribution < -0.4 is 10.1 Å². The lowest BCUT2D eigenvalue weighted by Crippen LogP contribution is -2.26. The van der Waals surface area contributed by atoms with Gasteiger partial charge in [0.1, 0.15) is 22.9 Å². The molecule has 3 rings (SSSR count). The van der Waals surface area contributed by atoms with E-state index in [9.17, 15) is 10.1 Å². The molecule has 2 heterocycles. The number of hydrogen-bond donors (Lipinski definition) is 1. The van der Waals surface area contributed by atoms with Crippen LogP contribution in [0.25, 0.3) is 11.1 Å². The van der Waals surface area contributed by atoms with Crippen molar-refractivity contribution in [2.24, 2.45) is 0 Å². The number of rotatable bonds is 4. The van der Waals surface area contributed by atoms with Gasteiger partial charge in [-0.25, -0.2) is 0 Å². The Kier molecular flexibility index (Phi) is 4.84. The van der Waals surface area contributed by atoms with E-state index in [1.165, 1.54) is 11.3 Å². The van der Waals surface area contributed by atoms with Gasteiger partial charge in [-0.3, -0.25) is 4.79 Å². The lowest BCUT2D eigenvalue weighted by molar-refractivity contribution is -0.124. The molecule has 5 nitrogen and oxygen atoms in total. The zero-order valence-corrected chi connectivity index (χ0v) is 14.4. The minimum atomic E-state index is -0.414. The molecule has 6 heteroatoms. The third-order valence-electron chi connectivity index (χ3n) is 4.03. The number of methoxy groups -OCH3 is 1. The van der Waals surface area contributed by atoms with Gasteiger partial charge < -0.3 is 14.8 Å². The van der Waals surface area contributed by atoms with Crippen molar-refractivity contribution < 1.29 is 14.3 Å². The van der Waals surface area contributed by atoms with Crippen LogP contribution in [-0.4, -0.2) is 25.7 Å². The maximum Gasteiger partial charge on any atom is 0.254 e. The van der Waals surface area contributed by atoms with Gasteiger partial charge in [0.05, 0.1) is 12.7 Å². The van der Waals surface area contributed by atoms with Gasteiger partial charge in [0.25, 0.3) is 5.91 Å². The second-order valence-corrected chi connectivity index (χ2v) is 6.79. The Hall–Kier alpha value is -2.36. The number of nitrogens with one attached hydrogen (secondary N) is 1. The quantitative estimate of drug-likeness (QED) is 0.919. The molecule has 1 aromatic carbocycles. The number of nitriles is 1. The molecule has 0 radical (unpaired) electrons. The number of thiophene rings is 1. The maximum absolute atomic E-state index is 12.3. The highest BCUT2D eigenvalue weighted by Gasteiger charge is 2.26. The van der Waals surface area contributed by atoms with Crippen LogP contribution in [0.3, 0.4) is 0 Å². The second kappa shape index (κ2) is 7.04. The van der Waals surface area contributed by atoms with Crippen molar-refractivity contribution in [3.8, 4) is 22.9 Å². The van der Waals surface area contributed by atoms with E-state index in [2.05, 4.69) is 11.4 Å². The van der Waals surface area contributed by atoms with Crippen molar-refractivity contribution in [1.82, 2.24) is 0 Å². The largest absolute Gasteiger partial charge is 0.497 e. The first-order valence-corrected chi connectivity index (χ1v) is 8.56. The summed E-state index contributed by atoms with van der Waals surface area (Å²) in [6.07, 6.45) is 1.20. The molecule has 0 spiro atoms. The summed E-state index contributed by atoms with van der Waals surface area (Å²) in [4.78, 5) is 13.3. The molecule has 0 bridgehead atoms. The lowest BCUT2D eigenvalue weighted by Gasteiger charge is -2.09. The van der Waals surface area contributed by atoms with E-state index in [-0.39, 0.29) is 5.91 Å². The number of carbonyl (C=O) groups excluding carboxylic acids is 1. The number of ether oxygens (including phenoxy) is 2. The predicted octanol–water partition coefficient (Wildman–Crippen LogP) is 3.72. The topological polar surface area (TPSA) is 71.3 Å². The number of nitrogens with zero attached hydrogens (tertiary/aromatic N) is 1. The summed E-state index contributed by atoms with van der Waals surface area (Å²) >= 11 is 1.42. The van der Waals surface area contributed by atoms with Crippen LogP contribution in [-0.2, 0) is 9.53 Å². The maximum atomic E-state index is 12.3. The third kappa shape index (κ3) is 3.14. The van der Waals surface area contributed by atoms with E-state index in [0.717, 1.165) is 34.6 Å². The Bertz CT molecular complexity index is 784. The minimum Gasteiger partial charge on any atom is -0.497 e. The van der Waals surface area contributed by atoms with Crippen molar-refractivity contribution in [2.45, 2.75) is 25.9 Å². The first-order chi connectivity index (χ1) is 11.6. The Morgan fingerprint density at radius 1 is 1.42 bits per heavy atom. The van der Waals surface area contributed by atoms with E-state index < -0.39 is 6.10 Å². The smallest absolute Gasteiger partial charge is 0.254 e. The van der Waals surface area contributed by atoms with Gasteiger partial charge in [-0.1, -0.05) is 12.1 Å². The van der Waals surface area contributed by atoms with E-state index in [1.807, 2.05) is 31.2 Å². The SMILES string of the molecule is COc1ccc(-c2c(C)sc(NC(=O)[C@H]3CCCO3)c2C#N)cc1. The second-order valence-electron chi connectivity index (χ2n) is 5.57. The number of anilines is 1. The first-order valence-electron chi connectivity index (χ1n) is 7.74. The Morgan fingerprint density at radius 3 is 2.75 bits per heavy atom. The van der Waals surface area contributed by atoms with E-state index in [0.29, 0.717) is 17.2 Å². The molecule has 1 aromatic heterocycles. The van der Waals surface area contributed by atoms with Gasteiger partial charge >= 0.3 is 0 Å². The van der Waals surface area contributed by atoms with Gasteiger partial charge in [-0.15, -0.1) is 11.3 Å². The van der Waals surface area contributed by atoms with Crippen molar-refractivity contribution >= 4 is 22.2 Å². The highest BCUT2D eigenvalue weighted by molar-refractivity contribution is 7.17. The standard InChI is InChI=1S/C18H18N2O3S/c1-11-16(12-5-7-13(22-2)8-6-12)14(10-19)18(24-11)20-17(21)15-4-3-9-23-15/h5-8,15H,3-4,9H2,1-2H3,(H,20,21)/t15-/m1/s1. The fourth-order valence-corrected chi connectivity index (χ4v) is 3.85. The molecular weight excluding hydrogens is 324 g/mol. The van der Waals surface area contributed by atoms with Gasteiger partial charge in [-0.05, 0) is 37.5 Å².